The lowest BCUT2D eigenvalue weighted by molar-refractivity contribution is 0.210. The number of hydrogen-bond donors (Lipinski definition) is 3. The maximum Gasteiger partial charge on any atom is 0.409 e. The number of amides is 1. The molecule has 0 saturated carbocycles. The summed E-state index contributed by atoms with van der Waals surface area (Å²) in [7, 11) is 0. The van der Waals surface area contributed by atoms with Crippen molar-refractivity contribution < 1.29 is 9.90 Å². The van der Waals surface area contributed by atoms with E-state index < -0.39 is 6.09 Å². The molecule has 0 bridgehead atoms. The van der Waals surface area contributed by atoms with Crippen LogP contribution in [0.3, 0.4) is 0 Å². The van der Waals surface area contributed by atoms with Gasteiger partial charge in [0.2, 0.25) is 0 Å². The van der Waals surface area contributed by atoms with Gasteiger partial charge < -0.3 is 10.8 Å². The van der Waals surface area contributed by atoms with E-state index in [0.29, 0.717) is 11.4 Å². The zero-order valence-corrected chi connectivity index (χ0v) is 8.92. The molecule has 0 fully saturated rings. The van der Waals surface area contributed by atoms with Crippen LogP contribution in [0.1, 0.15) is 0 Å². The fourth-order valence-electron chi connectivity index (χ4n) is 1.48. The van der Waals surface area contributed by atoms with E-state index in [1.807, 2.05) is 18.2 Å². The predicted octanol–water partition coefficient (Wildman–Crippen LogP) is 2.42. The summed E-state index contributed by atoms with van der Waals surface area (Å²) in [5, 5.41) is 10.8. The summed E-state index contributed by atoms with van der Waals surface area (Å²) >= 11 is 0. The van der Waals surface area contributed by atoms with Gasteiger partial charge in [-0.3, -0.25) is 10.3 Å². The van der Waals surface area contributed by atoms with Gasteiger partial charge in [0.15, 0.2) is 0 Å². The smallest absolute Gasteiger partial charge is 0.409 e. The molecule has 5 heteroatoms. The van der Waals surface area contributed by atoms with Gasteiger partial charge in [-0.2, -0.15) is 0 Å². The Bertz CT molecular complexity index is 541. The van der Waals surface area contributed by atoms with Crippen LogP contribution in [-0.4, -0.2) is 16.2 Å². The first-order valence-corrected chi connectivity index (χ1v) is 4.97. The molecule has 1 aromatic heterocycles. The number of hydrogen-bond acceptors (Lipinski definition) is 3. The lowest BCUT2D eigenvalue weighted by Crippen LogP contribution is -2.09. The Hall–Kier alpha value is -2.56. The average Bonchev–Trinajstić information content (AvgIpc) is 2.32. The van der Waals surface area contributed by atoms with E-state index in [0.717, 1.165) is 11.3 Å². The molecule has 5 nitrogen and oxygen atoms in total. The molecule has 0 saturated heterocycles. The van der Waals surface area contributed by atoms with Crippen molar-refractivity contribution >= 4 is 17.5 Å². The third-order valence-corrected chi connectivity index (χ3v) is 2.25. The number of anilines is 2. The van der Waals surface area contributed by atoms with Crippen molar-refractivity contribution in [1.29, 1.82) is 0 Å². The monoisotopic (exact) mass is 229 g/mol. The van der Waals surface area contributed by atoms with Crippen molar-refractivity contribution in [2.45, 2.75) is 0 Å². The van der Waals surface area contributed by atoms with Gasteiger partial charge in [0, 0.05) is 11.8 Å². The van der Waals surface area contributed by atoms with Crippen LogP contribution in [0, 0.1) is 0 Å². The van der Waals surface area contributed by atoms with Crippen molar-refractivity contribution in [2.75, 3.05) is 11.1 Å². The van der Waals surface area contributed by atoms with E-state index in [1.165, 1.54) is 0 Å². The Morgan fingerprint density at radius 3 is 2.71 bits per heavy atom. The number of pyridine rings is 1. The summed E-state index contributed by atoms with van der Waals surface area (Å²) in [6, 6.07) is 10.6. The third kappa shape index (κ3) is 2.52. The molecule has 0 atom stereocenters. The number of carbonyl (C=O) groups is 1. The fraction of sp³-hybridized carbons (Fsp3) is 0. The number of benzene rings is 1. The Labute approximate surface area is 97.9 Å². The van der Waals surface area contributed by atoms with E-state index in [9.17, 15) is 4.79 Å². The van der Waals surface area contributed by atoms with Crippen LogP contribution in [0.2, 0.25) is 0 Å². The standard InChI is InChI=1S/C12H11N3O2/c13-9-7-8(10-3-1-2-6-14-10)4-5-11(9)15-12(16)17/h1-7,15H,13H2,(H,16,17). The van der Waals surface area contributed by atoms with Crippen LogP contribution in [0.4, 0.5) is 16.2 Å². The molecule has 0 unspecified atom stereocenters. The Morgan fingerprint density at radius 2 is 2.12 bits per heavy atom. The Kier molecular flexibility index (Phi) is 2.91. The molecule has 86 valence electrons. The van der Waals surface area contributed by atoms with Gasteiger partial charge in [-0.15, -0.1) is 0 Å². The number of nitrogen functional groups attached to an aromatic ring is 1. The van der Waals surface area contributed by atoms with Crippen molar-refractivity contribution in [3.63, 3.8) is 0 Å². The zero-order chi connectivity index (χ0) is 12.3. The lowest BCUT2D eigenvalue weighted by Gasteiger charge is -2.07. The van der Waals surface area contributed by atoms with Crippen LogP contribution in [0.5, 0.6) is 0 Å². The molecule has 4 N–H and O–H groups in total. The largest absolute Gasteiger partial charge is 0.465 e. The summed E-state index contributed by atoms with van der Waals surface area (Å²) in [4.78, 5) is 14.7. The van der Waals surface area contributed by atoms with E-state index in [4.69, 9.17) is 10.8 Å². The van der Waals surface area contributed by atoms with Gasteiger partial charge in [0.1, 0.15) is 0 Å². The second-order valence-corrected chi connectivity index (χ2v) is 3.45. The second kappa shape index (κ2) is 4.52. The highest BCUT2D eigenvalue weighted by atomic mass is 16.4. The predicted molar refractivity (Wildman–Crippen MR) is 65.7 cm³/mol. The van der Waals surface area contributed by atoms with E-state index in [2.05, 4.69) is 10.3 Å². The van der Waals surface area contributed by atoms with Gasteiger partial charge in [-0.1, -0.05) is 12.1 Å². The molecule has 0 aliphatic carbocycles. The van der Waals surface area contributed by atoms with Crippen LogP contribution >= 0.6 is 0 Å². The van der Waals surface area contributed by atoms with Gasteiger partial charge in [0.25, 0.3) is 0 Å². The normalized spacial score (nSPS) is 9.88. The zero-order valence-electron chi connectivity index (χ0n) is 8.92. The maximum absolute atomic E-state index is 10.5. The molecule has 2 rings (SSSR count). The summed E-state index contributed by atoms with van der Waals surface area (Å²) < 4.78 is 0. The minimum absolute atomic E-state index is 0.371. The number of carboxylic acid groups (broad SMARTS) is 1. The van der Waals surface area contributed by atoms with E-state index in [1.54, 1.807) is 24.4 Å². The molecular formula is C12H11N3O2. The molecule has 0 radical (unpaired) electrons. The topological polar surface area (TPSA) is 88.2 Å². The van der Waals surface area contributed by atoms with Crippen molar-refractivity contribution in [1.82, 2.24) is 4.98 Å². The van der Waals surface area contributed by atoms with Gasteiger partial charge in [-0.25, -0.2) is 4.79 Å². The van der Waals surface area contributed by atoms with Gasteiger partial charge in [-0.05, 0) is 24.3 Å². The lowest BCUT2D eigenvalue weighted by atomic mass is 10.1. The van der Waals surface area contributed by atoms with Crippen LogP contribution < -0.4 is 11.1 Å². The maximum atomic E-state index is 10.5. The average molecular weight is 229 g/mol. The molecule has 0 spiro atoms. The van der Waals surface area contributed by atoms with Crippen LogP contribution in [0.25, 0.3) is 11.3 Å². The quantitative estimate of drug-likeness (QED) is 0.690. The van der Waals surface area contributed by atoms with Crippen molar-refractivity contribution in [3.8, 4) is 11.3 Å². The SMILES string of the molecule is Nc1cc(-c2ccccn2)ccc1NC(=O)O. The Morgan fingerprint density at radius 1 is 1.29 bits per heavy atom. The van der Waals surface area contributed by atoms with E-state index >= 15 is 0 Å². The highest BCUT2D eigenvalue weighted by Gasteiger charge is 2.05. The highest BCUT2D eigenvalue weighted by Crippen LogP contribution is 2.25. The van der Waals surface area contributed by atoms with Crippen molar-refractivity contribution in [3.05, 3.63) is 42.6 Å². The first kappa shape index (κ1) is 10.9. The third-order valence-electron chi connectivity index (χ3n) is 2.25. The first-order chi connectivity index (χ1) is 8.16. The second-order valence-electron chi connectivity index (χ2n) is 3.45. The molecule has 17 heavy (non-hydrogen) atoms. The number of nitrogens with one attached hydrogen (secondary N) is 1. The van der Waals surface area contributed by atoms with E-state index in [-0.39, 0.29) is 0 Å². The molecule has 0 aliphatic heterocycles. The number of nitrogens with two attached hydrogens (primary N) is 1. The molecule has 1 amide bonds. The highest BCUT2D eigenvalue weighted by molar-refractivity contribution is 5.88. The fourth-order valence-corrected chi connectivity index (χ4v) is 1.48. The summed E-state index contributed by atoms with van der Waals surface area (Å²) in [5.74, 6) is 0. The van der Waals surface area contributed by atoms with Gasteiger partial charge >= 0.3 is 6.09 Å². The summed E-state index contributed by atoms with van der Waals surface area (Å²) in [6.07, 6.45) is 0.553. The summed E-state index contributed by atoms with van der Waals surface area (Å²) in [5.41, 5.74) is 8.14. The number of nitrogens with zero attached hydrogens (tertiary/aromatic N) is 1. The number of rotatable bonds is 2. The van der Waals surface area contributed by atoms with Crippen molar-refractivity contribution in [2.24, 2.45) is 0 Å². The van der Waals surface area contributed by atoms with Crippen LogP contribution in [-0.2, 0) is 0 Å². The van der Waals surface area contributed by atoms with Crippen LogP contribution in [0.15, 0.2) is 42.6 Å². The molecule has 2 aromatic rings. The minimum Gasteiger partial charge on any atom is -0.465 e. The Balaban J connectivity index is 2.34. The molecule has 0 aliphatic rings. The number of aromatic nitrogens is 1. The van der Waals surface area contributed by atoms with Gasteiger partial charge in [0.05, 0.1) is 17.1 Å². The molecule has 1 heterocycles. The summed E-state index contributed by atoms with van der Waals surface area (Å²) in [6.45, 7) is 0. The molecule has 1 aromatic carbocycles. The molecular weight excluding hydrogens is 218 g/mol. The minimum atomic E-state index is -1.14. The first-order valence-electron chi connectivity index (χ1n) is 4.97.